The number of carbonyl (C=O) groups is 2. The molecule has 2 aromatic rings. The second-order valence-electron chi connectivity index (χ2n) is 8.39. The lowest BCUT2D eigenvalue weighted by atomic mass is 9.90. The largest absolute Gasteiger partial charge is 0.491 e. The summed E-state index contributed by atoms with van der Waals surface area (Å²) >= 11 is 0. The molecule has 1 aliphatic carbocycles. The van der Waals surface area contributed by atoms with Gasteiger partial charge in [0.05, 0.1) is 12.5 Å². The van der Waals surface area contributed by atoms with Gasteiger partial charge in [0.1, 0.15) is 24.5 Å². The van der Waals surface area contributed by atoms with Crippen LogP contribution in [0.5, 0.6) is 5.75 Å². The van der Waals surface area contributed by atoms with E-state index in [0.29, 0.717) is 25.5 Å². The Bertz CT molecular complexity index is 971. The first-order valence-corrected chi connectivity index (χ1v) is 10.6. The highest BCUT2D eigenvalue weighted by atomic mass is 16.5. The van der Waals surface area contributed by atoms with E-state index < -0.39 is 6.04 Å². The van der Waals surface area contributed by atoms with Crippen LogP contribution in [0.3, 0.4) is 0 Å². The molecule has 5 rings (SSSR count). The van der Waals surface area contributed by atoms with E-state index in [1.807, 2.05) is 48.5 Å². The van der Waals surface area contributed by atoms with Crippen molar-refractivity contribution in [1.82, 2.24) is 10.2 Å². The van der Waals surface area contributed by atoms with Crippen LogP contribution in [0.1, 0.15) is 41.7 Å². The molecule has 0 unspecified atom stereocenters. The van der Waals surface area contributed by atoms with Gasteiger partial charge in [0, 0.05) is 19.2 Å². The first-order valence-electron chi connectivity index (χ1n) is 10.6. The van der Waals surface area contributed by atoms with Gasteiger partial charge in [-0.15, -0.1) is 0 Å². The minimum absolute atomic E-state index is 0.0225. The fraction of sp³-hybridized carbons (Fsp3) is 0.417. The number of nitrogens with one attached hydrogen (secondary N) is 1. The van der Waals surface area contributed by atoms with Gasteiger partial charge in [-0.2, -0.15) is 0 Å². The van der Waals surface area contributed by atoms with Gasteiger partial charge in [-0.05, 0) is 36.0 Å². The van der Waals surface area contributed by atoms with E-state index in [2.05, 4.69) is 5.32 Å². The molecule has 0 bridgehead atoms. The average molecular weight is 406 g/mol. The number of nitrogens with zero attached hydrogens (tertiary/aromatic N) is 1. The first-order chi connectivity index (χ1) is 14.7. The summed E-state index contributed by atoms with van der Waals surface area (Å²) < 4.78 is 11.6. The monoisotopic (exact) mass is 406 g/mol. The van der Waals surface area contributed by atoms with E-state index in [9.17, 15) is 9.59 Å². The van der Waals surface area contributed by atoms with Gasteiger partial charge in [0.2, 0.25) is 11.8 Å². The maximum Gasteiger partial charge on any atom is 0.247 e. The molecule has 6 heteroatoms. The summed E-state index contributed by atoms with van der Waals surface area (Å²) in [5.74, 6) is 1.13. The van der Waals surface area contributed by atoms with Gasteiger partial charge in [0.25, 0.3) is 0 Å². The molecule has 3 aliphatic rings. The number of amides is 2. The van der Waals surface area contributed by atoms with Crippen molar-refractivity contribution in [1.29, 1.82) is 0 Å². The Hall–Kier alpha value is -2.86. The van der Waals surface area contributed by atoms with E-state index in [4.69, 9.17) is 9.47 Å². The van der Waals surface area contributed by atoms with Crippen molar-refractivity contribution in [3.8, 4) is 5.75 Å². The zero-order valence-electron chi connectivity index (χ0n) is 17.0. The summed E-state index contributed by atoms with van der Waals surface area (Å²) in [7, 11) is 1.64. The number of carbonyl (C=O) groups excluding carboxylic acids is 2. The number of hydrogen-bond acceptors (Lipinski definition) is 4. The van der Waals surface area contributed by atoms with Crippen molar-refractivity contribution >= 4 is 11.8 Å². The molecular weight excluding hydrogens is 380 g/mol. The summed E-state index contributed by atoms with van der Waals surface area (Å²) in [5, 5.41) is 3.13. The smallest absolute Gasteiger partial charge is 0.247 e. The van der Waals surface area contributed by atoms with Crippen molar-refractivity contribution in [3.63, 3.8) is 0 Å². The minimum atomic E-state index is -0.613. The average Bonchev–Trinajstić information content (AvgIpc) is 3.58. The molecular formula is C24H26N2O4. The number of hydrogen-bond donors (Lipinski definition) is 1. The van der Waals surface area contributed by atoms with E-state index in [1.165, 1.54) is 0 Å². The Labute approximate surface area is 176 Å². The van der Waals surface area contributed by atoms with Crippen molar-refractivity contribution in [3.05, 3.63) is 65.2 Å². The molecule has 2 heterocycles. The summed E-state index contributed by atoms with van der Waals surface area (Å²) in [5.41, 5.74) is 2.77. The fourth-order valence-electron chi connectivity index (χ4n) is 4.61. The minimum Gasteiger partial charge on any atom is -0.491 e. The summed E-state index contributed by atoms with van der Waals surface area (Å²) in [6.45, 7) is 0.967. The second-order valence-corrected chi connectivity index (χ2v) is 8.39. The zero-order chi connectivity index (χ0) is 20.7. The molecule has 1 N–H and O–H groups in total. The summed E-state index contributed by atoms with van der Waals surface area (Å²) in [6, 6.07) is 14.5. The molecule has 30 heavy (non-hydrogen) atoms. The number of benzene rings is 2. The number of rotatable bonds is 5. The van der Waals surface area contributed by atoms with Gasteiger partial charge in [-0.3, -0.25) is 9.59 Å². The number of fused-ring (bicyclic) bond motifs is 2. The highest BCUT2D eigenvalue weighted by molar-refractivity contribution is 5.92. The fourth-order valence-corrected chi connectivity index (χ4v) is 4.61. The second kappa shape index (κ2) is 7.76. The van der Waals surface area contributed by atoms with Crippen LogP contribution in [-0.2, 0) is 20.7 Å². The molecule has 0 aromatic heterocycles. The highest BCUT2D eigenvalue weighted by Crippen LogP contribution is 2.38. The molecule has 2 aromatic carbocycles. The van der Waals surface area contributed by atoms with Crippen molar-refractivity contribution in [2.75, 3.05) is 20.3 Å². The molecule has 2 amide bonds. The number of ether oxygens (including phenoxy) is 2. The molecule has 0 radical (unpaired) electrons. The van der Waals surface area contributed by atoms with Crippen LogP contribution in [0.4, 0.5) is 0 Å². The SMILES string of the molecule is CO[C@@H]1c2ccccc2OC[C@H]1NC(=O)[C@@H]1c2ccccc2CC(=O)N1CC1CC1. The Morgan fingerprint density at radius 1 is 1.13 bits per heavy atom. The zero-order valence-corrected chi connectivity index (χ0v) is 17.0. The van der Waals surface area contributed by atoms with E-state index >= 15 is 0 Å². The van der Waals surface area contributed by atoms with E-state index in [0.717, 1.165) is 35.3 Å². The molecule has 2 aliphatic heterocycles. The van der Waals surface area contributed by atoms with Crippen LogP contribution in [-0.4, -0.2) is 43.0 Å². The maximum atomic E-state index is 13.5. The Morgan fingerprint density at radius 2 is 1.87 bits per heavy atom. The standard InChI is InChI=1S/C24H26N2O4/c1-29-23-18-8-4-5-9-20(18)30-14-19(23)25-24(28)22-17-7-3-2-6-16(17)12-21(27)26(22)13-15-10-11-15/h2-9,15,19,22-23H,10-14H2,1H3,(H,25,28)/t19-,22+,23-/m1/s1. The lowest BCUT2D eigenvalue weighted by Gasteiger charge is -2.39. The summed E-state index contributed by atoms with van der Waals surface area (Å²) in [6.07, 6.45) is 2.30. The van der Waals surface area contributed by atoms with E-state index in [1.54, 1.807) is 12.0 Å². The summed E-state index contributed by atoms with van der Waals surface area (Å²) in [4.78, 5) is 28.2. The van der Waals surface area contributed by atoms with Gasteiger partial charge in [0.15, 0.2) is 0 Å². The molecule has 6 nitrogen and oxygen atoms in total. The third kappa shape index (κ3) is 3.45. The Morgan fingerprint density at radius 3 is 2.63 bits per heavy atom. The lowest BCUT2D eigenvalue weighted by Crippen LogP contribution is -2.53. The van der Waals surface area contributed by atoms with Gasteiger partial charge in [-0.1, -0.05) is 42.5 Å². The van der Waals surface area contributed by atoms with Crippen molar-refractivity contribution in [2.45, 2.75) is 37.5 Å². The molecule has 3 atom stereocenters. The van der Waals surface area contributed by atoms with Gasteiger partial charge >= 0.3 is 0 Å². The maximum absolute atomic E-state index is 13.5. The van der Waals surface area contributed by atoms with Crippen LogP contribution in [0.2, 0.25) is 0 Å². The van der Waals surface area contributed by atoms with Crippen molar-refractivity contribution < 1.29 is 19.1 Å². The lowest BCUT2D eigenvalue weighted by molar-refractivity contribution is -0.142. The molecule has 0 saturated heterocycles. The van der Waals surface area contributed by atoms with Crippen LogP contribution < -0.4 is 10.1 Å². The first kappa shape index (κ1) is 19.1. The Balaban J connectivity index is 1.43. The van der Waals surface area contributed by atoms with Crippen LogP contribution >= 0.6 is 0 Å². The molecule has 156 valence electrons. The van der Waals surface area contributed by atoms with Crippen LogP contribution in [0.15, 0.2) is 48.5 Å². The van der Waals surface area contributed by atoms with Crippen molar-refractivity contribution in [2.24, 2.45) is 5.92 Å². The van der Waals surface area contributed by atoms with Crippen LogP contribution in [0, 0.1) is 5.92 Å². The van der Waals surface area contributed by atoms with Gasteiger partial charge in [-0.25, -0.2) is 0 Å². The van der Waals surface area contributed by atoms with E-state index in [-0.39, 0.29) is 24.0 Å². The van der Waals surface area contributed by atoms with Crippen LogP contribution in [0.25, 0.3) is 0 Å². The number of methoxy groups -OCH3 is 1. The quantitative estimate of drug-likeness (QED) is 0.829. The third-order valence-electron chi connectivity index (χ3n) is 6.31. The normalized spacial score (nSPS) is 25.2. The highest BCUT2D eigenvalue weighted by Gasteiger charge is 2.41. The predicted octanol–water partition coefficient (Wildman–Crippen LogP) is 2.79. The molecule has 1 fully saturated rings. The third-order valence-corrected chi connectivity index (χ3v) is 6.31. The number of para-hydroxylation sites is 1. The predicted molar refractivity (Wildman–Crippen MR) is 111 cm³/mol. The topological polar surface area (TPSA) is 67.9 Å². The van der Waals surface area contributed by atoms with Gasteiger partial charge < -0.3 is 19.7 Å². The molecule has 1 saturated carbocycles. The Kier molecular flexibility index (Phi) is 4.95. The molecule has 0 spiro atoms.